The van der Waals surface area contributed by atoms with Crippen LogP contribution in [-0.4, -0.2) is 19.1 Å². The van der Waals surface area contributed by atoms with Crippen molar-refractivity contribution in [1.82, 2.24) is 0 Å². The van der Waals surface area contributed by atoms with Gasteiger partial charge in [-0.15, -0.1) is 0 Å². The summed E-state index contributed by atoms with van der Waals surface area (Å²) in [6.07, 6.45) is 8.23. The molecule has 3 rings (SSSR count). The highest BCUT2D eigenvalue weighted by molar-refractivity contribution is 6.06. The van der Waals surface area contributed by atoms with E-state index in [0.717, 1.165) is 35.4 Å². The Balaban J connectivity index is 1.61. The maximum atomic E-state index is 12.7. The highest BCUT2D eigenvalue weighted by atomic mass is 16.5. The van der Waals surface area contributed by atoms with Crippen LogP contribution in [0.1, 0.15) is 34.3 Å². The van der Waals surface area contributed by atoms with Crippen LogP contribution in [0.4, 0.5) is 5.69 Å². The number of nitrogens with one attached hydrogen (secondary N) is 1. The van der Waals surface area contributed by atoms with Gasteiger partial charge in [0, 0.05) is 5.69 Å². The van der Waals surface area contributed by atoms with Gasteiger partial charge in [0.25, 0.3) is 5.91 Å². The maximum absolute atomic E-state index is 12.7. The van der Waals surface area contributed by atoms with Gasteiger partial charge < -0.3 is 14.8 Å². The molecule has 0 aliphatic heterocycles. The summed E-state index contributed by atoms with van der Waals surface area (Å²) in [4.78, 5) is 12.7. The number of rotatable bonds is 7. The Labute approximate surface area is 160 Å². The predicted octanol–water partition coefficient (Wildman–Crippen LogP) is 5.19. The Kier molecular flexibility index (Phi) is 6.31. The molecule has 140 valence electrons. The van der Waals surface area contributed by atoms with Gasteiger partial charge in [0.1, 0.15) is 24.7 Å². The number of amides is 1. The zero-order valence-corrected chi connectivity index (χ0v) is 15.8. The summed E-state index contributed by atoms with van der Waals surface area (Å²) < 4.78 is 11.5. The fourth-order valence-electron chi connectivity index (χ4n) is 2.85. The number of carbonyl (C=O) groups is 1. The first-order valence-corrected chi connectivity index (χ1v) is 9.23. The molecule has 27 heavy (non-hydrogen) atoms. The Morgan fingerprint density at radius 2 is 1.85 bits per heavy atom. The van der Waals surface area contributed by atoms with Crippen LogP contribution in [0.15, 0.2) is 66.5 Å². The third-order valence-corrected chi connectivity index (χ3v) is 4.34. The monoisotopic (exact) mass is 363 g/mol. The Morgan fingerprint density at radius 3 is 2.67 bits per heavy atom. The van der Waals surface area contributed by atoms with Crippen molar-refractivity contribution in [3.63, 3.8) is 0 Å². The predicted molar refractivity (Wildman–Crippen MR) is 108 cm³/mol. The molecule has 4 heteroatoms. The highest BCUT2D eigenvalue weighted by Gasteiger charge is 2.13. The lowest BCUT2D eigenvalue weighted by molar-refractivity contribution is 0.102. The fraction of sp³-hybridized carbons (Fsp3) is 0.261. The SMILES string of the molecule is Cc1ccc(C)c(NC(=O)c2ccccc2OCCOC2=CCCC=C2)c1. The fourth-order valence-corrected chi connectivity index (χ4v) is 2.85. The molecule has 0 aromatic heterocycles. The van der Waals surface area contributed by atoms with Crippen LogP contribution in [-0.2, 0) is 4.74 Å². The Hall–Kier alpha value is -3.01. The summed E-state index contributed by atoms with van der Waals surface area (Å²) >= 11 is 0. The number of benzene rings is 2. The molecule has 1 aliphatic rings. The third kappa shape index (κ3) is 5.23. The van der Waals surface area contributed by atoms with Gasteiger partial charge in [-0.25, -0.2) is 0 Å². The largest absolute Gasteiger partial charge is 0.490 e. The van der Waals surface area contributed by atoms with E-state index in [2.05, 4.69) is 17.5 Å². The first-order valence-electron chi connectivity index (χ1n) is 9.23. The van der Waals surface area contributed by atoms with E-state index >= 15 is 0 Å². The van der Waals surface area contributed by atoms with E-state index in [4.69, 9.17) is 9.47 Å². The molecule has 0 fully saturated rings. The lowest BCUT2D eigenvalue weighted by atomic mass is 10.1. The number of hydrogen-bond acceptors (Lipinski definition) is 3. The number of carbonyl (C=O) groups excluding carboxylic acids is 1. The summed E-state index contributed by atoms with van der Waals surface area (Å²) in [7, 11) is 0. The van der Waals surface area contributed by atoms with Gasteiger partial charge in [0.2, 0.25) is 0 Å². The molecule has 0 heterocycles. The van der Waals surface area contributed by atoms with E-state index in [1.807, 2.05) is 50.3 Å². The van der Waals surface area contributed by atoms with Gasteiger partial charge in [-0.1, -0.05) is 30.3 Å². The van der Waals surface area contributed by atoms with Crippen molar-refractivity contribution in [2.24, 2.45) is 0 Å². The van der Waals surface area contributed by atoms with Gasteiger partial charge in [0.15, 0.2) is 0 Å². The molecule has 4 nitrogen and oxygen atoms in total. The van der Waals surface area contributed by atoms with Crippen LogP contribution < -0.4 is 10.1 Å². The third-order valence-electron chi connectivity index (χ3n) is 4.34. The smallest absolute Gasteiger partial charge is 0.259 e. The van der Waals surface area contributed by atoms with Crippen molar-refractivity contribution < 1.29 is 14.3 Å². The molecule has 0 saturated carbocycles. The zero-order chi connectivity index (χ0) is 19.1. The average molecular weight is 363 g/mol. The molecule has 0 radical (unpaired) electrons. The molecule has 1 aliphatic carbocycles. The normalized spacial score (nSPS) is 13.0. The summed E-state index contributed by atoms with van der Waals surface area (Å²) in [5.74, 6) is 1.25. The van der Waals surface area contributed by atoms with E-state index < -0.39 is 0 Å². The quantitative estimate of drug-likeness (QED) is 0.689. The zero-order valence-electron chi connectivity index (χ0n) is 15.8. The molecule has 0 spiro atoms. The minimum atomic E-state index is -0.182. The van der Waals surface area contributed by atoms with Crippen LogP contribution in [0.25, 0.3) is 0 Å². The van der Waals surface area contributed by atoms with Gasteiger partial charge in [-0.05, 0) is 68.2 Å². The second-order valence-electron chi connectivity index (χ2n) is 6.55. The minimum absolute atomic E-state index is 0.182. The van der Waals surface area contributed by atoms with Gasteiger partial charge in [-0.3, -0.25) is 4.79 Å². The van der Waals surface area contributed by atoms with Crippen LogP contribution in [0.3, 0.4) is 0 Å². The van der Waals surface area contributed by atoms with Crippen molar-refractivity contribution in [2.45, 2.75) is 26.7 Å². The summed E-state index contributed by atoms with van der Waals surface area (Å²) in [5.41, 5.74) is 3.45. The van der Waals surface area contributed by atoms with Crippen molar-refractivity contribution in [3.05, 3.63) is 83.1 Å². The highest BCUT2D eigenvalue weighted by Crippen LogP contribution is 2.22. The first kappa shape index (κ1) is 18.8. The summed E-state index contributed by atoms with van der Waals surface area (Å²) in [6.45, 7) is 4.79. The lowest BCUT2D eigenvalue weighted by Crippen LogP contribution is -2.15. The number of allylic oxidation sites excluding steroid dienone is 3. The van der Waals surface area contributed by atoms with Gasteiger partial charge in [0.05, 0.1) is 5.56 Å². The molecule has 0 saturated heterocycles. The molecule has 2 aromatic rings. The number of para-hydroxylation sites is 1. The average Bonchev–Trinajstić information content (AvgIpc) is 2.69. The Bertz CT molecular complexity index is 868. The van der Waals surface area contributed by atoms with E-state index in [9.17, 15) is 4.79 Å². The van der Waals surface area contributed by atoms with Gasteiger partial charge in [-0.2, -0.15) is 0 Å². The Morgan fingerprint density at radius 1 is 1.04 bits per heavy atom. The number of ether oxygens (including phenoxy) is 2. The van der Waals surface area contributed by atoms with E-state index in [-0.39, 0.29) is 5.91 Å². The lowest BCUT2D eigenvalue weighted by Gasteiger charge is -2.14. The maximum Gasteiger partial charge on any atom is 0.259 e. The topological polar surface area (TPSA) is 47.6 Å². The van der Waals surface area contributed by atoms with Crippen molar-refractivity contribution in [2.75, 3.05) is 18.5 Å². The van der Waals surface area contributed by atoms with Crippen molar-refractivity contribution in [3.8, 4) is 5.75 Å². The van der Waals surface area contributed by atoms with E-state index in [1.54, 1.807) is 12.1 Å². The number of anilines is 1. The van der Waals surface area contributed by atoms with E-state index in [1.165, 1.54) is 0 Å². The molecule has 1 N–H and O–H groups in total. The van der Waals surface area contributed by atoms with Crippen LogP contribution in [0, 0.1) is 13.8 Å². The first-order chi connectivity index (χ1) is 13.1. The summed E-state index contributed by atoms with van der Waals surface area (Å²) in [6, 6.07) is 13.3. The second-order valence-corrected chi connectivity index (χ2v) is 6.55. The molecule has 0 atom stereocenters. The van der Waals surface area contributed by atoms with Crippen LogP contribution >= 0.6 is 0 Å². The second kappa shape index (κ2) is 9.08. The molecule has 0 bridgehead atoms. The van der Waals surface area contributed by atoms with Crippen molar-refractivity contribution >= 4 is 11.6 Å². The van der Waals surface area contributed by atoms with Gasteiger partial charge >= 0.3 is 0 Å². The number of aryl methyl sites for hydroxylation is 2. The van der Waals surface area contributed by atoms with Crippen LogP contribution in [0.2, 0.25) is 0 Å². The van der Waals surface area contributed by atoms with E-state index in [0.29, 0.717) is 24.5 Å². The number of hydrogen-bond donors (Lipinski definition) is 1. The van der Waals surface area contributed by atoms with Crippen molar-refractivity contribution in [1.29, 1.82) is 0 Å². The molecular formula is C23H25NO3. The molecule has 0 unspecified atom stereocenters. The summed E-state index contributed by atoms with van der Waals surface area (Å²) in [5, 5.41) is 2.98. The molecular weight excluding hydrogens is 338 g/mol. The van der Waals surface area contributed by atoms with Crippen LogP contribution in [0.5, 0.6) is 5.75 Å². The molecule has 2 aromatic carbocycles. The molecule has 1 amide bonds. The standard InChI is InChI=1S/C23H25NO3/c1-17-12-13-18(2)21(16-17)24-23(25)20-10-6-7-11-22(20)27-15-14-26-19-8-4-3-5-9-19/h4,6-13,16H,3,5,14-15H2,1-2H3,(H,24,25). The minimum Gasteiger partial charge on any atom is -0.490 e.